The predicted molar refractivity (Wildman–Crippen MR) is 88.9 cm³/mol. The second-order valence-corrected chi connectivity index (χ2v) is 7.87. The molecule has 3 heterocycles. The summed E-state index contributed by atoms with van der Waals surface area (Å²) in [5.74, 6) is 0.0798. The van der Waals surface area contributed by atoms with E-state index < -0.39 is 44.6 Å². The maximum atomic E-state index is 10.9. The zero-order valence-electron chi connectivity index (χ0n) is 14.4. The summed E-state index contributed by atoms with van der Waals surface area (Å²) in [6.45, 7) is 2.22. The van der Waals surface area contributed by atoms with Gasteiger partial charge in [0.15, 0.2) is 23.2 Å². The average molecular weight is 405 g/mol. The van der Waals surface area contributed by atoms with Crippen LogP contribution in [-0.4, -0.2) is 69.5 Å². The van der Waals surface area contributed by atoms with Crippen LogP contribution in [0.25, 0.3) is 11.2 Å². The lowest BCUT2D eigenvalue weighted by molar-refractivity contribution is -0.0575. The highest BCUT2D eigenvalue weighted by Gasteiger charge is 2.47. The number of imidazole rings is 1. The summed E-state index contributed by atoms with van der Waals surface area (Å²) < 4.78 is 22.0. The van der Waals surface area contributed by atoms with Crippen LogP contribution in [0.3, 0.4) is 0 Å². The van der Waals surface area contributed by atoms with Crippen molar-refractivity contribution in [1.82, 2.24) is 19.5 Å². The first-order chi connectivity index (χ1) is 12.4. The fourth-order valence-corrected chi connectivity index (χ4v) is 3.19. The van der Waals surface area contributed by atoms with E-state index in [4.69, 9.17) is 20.3 Å². The SMILES string of the molecule is CC(C)(O)c1nc2c(N)ncnc2n1C1OC(COP(=O)(O)O)C(O)C1O. The van der Waals surface area contributed by atoms with Crippen LogP contribution in [0.1, 0.15) is 25.9 Å². The molecule has 7 N–H and O–H groups in total. The molecular weight excluding hydrogens is 385 g/mol. The van der Waals surface area contributed by atoms with Crippen molar-refractivity contribution in [3.8, 4) is 0 Å². The van der Waals surface area contributed by atoms with Crippen molar-refractivity contribution in [3.63, 3.8) is 0 Å². The molecule has 4 unspecified atom stereocenters. The van der Waals surface area contributed by atoms with Crippen molar-refractivity contribution in [2.45, 2.75) is 44.0 Å². The quantitative estimate of drug-likeness (QED) is 0.310. The van der Waals surface area contributed by atoms with Crippen LogP contribution >= 0.6 is 7.82 Å². The number of ether oxygens (including phenoxy) is 1. The molecule has 2 aromatic heterocycles. The van der Waals surface area contributed by atoms with Gasteiger partial charge in [0.1, 0.15) is 36.1 Å². The third kappa shape index (κ3) is 3.81. The lowest BCUT2D eigenvalue weighted by atomic mass is 10.1. The molecule has 0 saturated carbocycles. The highest BCUT2D eigenvalue weighted by atomic mass is 31.2. The second-order valence-electron chi connectivity index (χ2n) is 6.63. The predicted octanol–water partition coefficient (Wildman–Crippen LogP) is -1.64. The Kier molecular flexibility index (Phi) is 4.99. The van der Waals surface area contributed by atoms with E-state index in [1.54, 1.807) is 0 Å². The molecule has 4 atom stereocenters. The van der Waals surface area contributed by atoms with Crippen LogP contribution in [0.5, 0.6) is 0 Å². The van der Waals surface area contributed by atoms with Gasteiger partial charge in [-0.05, 0) is 13.8 Å². The summed E-state index contributed by atoms with van der Waals surface area (Å²) in [4.78, 5) is 29.7. The van der Waals surface area contributed by atoms with Gasteiger partial charge in [0, 0.05) is 0 Å². The first kappa shape index (κ1) is 20.0. The summed E-state index contributed by atoms with van der Waals surface area (Å²) in [5.41, 5.74) is 4.61. The van der Waals surface area contributed by atoms with Gasteiger partial charge in [0.2, 0.25) is 0 Å². The summed E-state index contributed by atoms with van der Waals surface area (Å²) in [6, 6.07) is 0. The number of hydrogen-bond donors (Lipinski definition) is 6. The van der Waals surface area contributed by atoms with E-state index in [0.717, 1.165) is 6.33 Å². The maximum Gasteiger partial charge on any atom is 0.469 e. The van der Waals surface area contributed by atoms with Crippen LogP contribution < -0.4 is 5.73 Å². The Hall–Kier alpha value is -1.70. The number of aliphatic hydroxyl groups excluding tert-OH is 2. The number of hydrogen-bond acceptors (Lipinski definition) is 10. The van der Waals surface area contributed by atoms with Crippen molar-refractivity contribution in [2.24, 2.45) is 0 Å². The largest absolute Gasteiger partial charge is 0.469 e. The molecule has 3 rings (SSSR count). The summed E-state index contributed by atoms with van der Waals surface area (Å²) >= 11 is 0. The molecule has 1 fully saturated rings. The molecule has 0 aliphatic carbocycles. The van der Waals surface area contributed by atoms with Gasteiger partial charge >= 0.3 is 7.82 Å². The minimum absolute atomic E-state index is 0.0394. The molecule has 1 saturated heterocycles. The molecule has 14 heteroatoms. The summed E-state index contributed by atoms with van der Waals surface area (Å²) in [5, 5.41) is 31.1. The van der Waals surface area contributed by atoms with Crippen molar-refractivity contribution in [2.75, 3.05) is 12.3 Å². The number of rotatable bonds is 5. The number of nitrogens with two attached hydrogens (primary N) is 1. The van der Waals surface area contributed by atoms with E-state index in [2.05, 4.69) is 19.5 Å². The van der Waals surface area contributed by atoms with Crippen LogP contribution in [-0.2, 0) is 19.4 Å². The highest BCUT2D eigenvalue weighted by Crippen LogP contribution is 2.40. The fraction of sp³-hybridized carbons (Fsp3) is 0.615. The van der Waals surface area contributed by atoms with Gasteiger partial charge in [-0.1, -0.05) is 0 Å². The van der Waals surface area contributed by atoms with Gasteiger partial charge in [0.05, 0.1) is 6.61 Å². The number of nitrogen functional groups attached to an aromatic ring is 1. The van der Waals surface area contributed by atoms with E-state index in [9.17, 15) is 19.9 Å². The zero-order valence-corrected chi connectivity index (χ0v) is 15.3. The van der Waals surface area contributed by atoms with E-state index in [0.29, 0.717) is 0 Å². The number of phosphoric ester groups is 1. The fourth-order valence-electron chi connectivity index (χ4n) is 2.85. The smallest absolute Gasteiger partial charge is 0.387 e. The minimum Gasteiger partial charge on any atom is -0.387 e. The van der Waals surface area contributed by atoms with Crippen LogP contribution in [0, 0.1) is 0 Å². The van der Waals surface area contributed by atoms with Crippen molar-refractivity contribution in [1.29, 1.82) is 0 Å². The third-order valence-corrected chi connectivity index (χ3v) is 4.54. The molecule has 13 nitrogen and oxygen atoms in total. The molecule has 150 valence electrons. The molecule has 0 aromatic carbocycles. The molecule has 1 aliphatic rings. The third-order valence-electron chi connectivity index (χ3n) is 4.05. The first-order valence-corrected chi connectivity index (χ1v) is 9.36. The van der Waals surface area contributed by atoms with Gasteiger partial charge in [-0.25, -0.2) is 19.5 Å². The number of nitrogens with zero attached hydrogens (tertiary/aromatic N) is 4. The van der Waals surface area contributed by atoms with Gasteiger partial charge in [0.25, 0.3) is 0 Å². The number of phosphoric acid groups is 1. The normalized spacial score (nSPS) is 26.8. The minimum atomic E-state index is -4.80. The van der Waals surface area contributed by atoms with E-state index in [-0.39, 0.29) is 22.8 Å². The Bertz CT molecular complexity index is 893. The highest BCUT2D eigenvalue weighted by molar-refractivity contribution is 7.46. The van der Waals surface area contributed by atoms with Crippen LogP contribution in [0.15, 0.2) is 6.33 Å². The molecule has 0 bridgehead atoms. The first-order valence-electron chi connectivity index (χ1n) is 7.83. The standard InChI is InChI=1S/C13H20N5O8P/c1-13(2,21)12-17-6-9(14)15-4-16-10(6)18(12)11-8(20)7(19)5(26-11)3-25-27(22,23)24/h4-5,7-8,11,19-21H,3H2,1-2H3,(H2,14,15,16)(H2,22,23,24). The summed E-state index contributed by atoms with van der Waals surface area (Å²) in [6.07, 6.45) is -4.40. The maximum absolute atomic E-state index is 10.9. The van der Waals surface area contributed by atoms with Crippen LogP contribution in [0.2, 0.25) is 0 Å². The lowest BCUT2D eigenvalue weighted by Gasteiger charge is -2.24. The number of aliphatic hydroxyl groups is 3. The Morgan fingerprint density at radius 3 is 2.59 bits per heavy atom. The number of fused-ring (bicyclic) bond motifs is 1. The van der Waals surface area contributed by atoms with Crippen molar-refractivity contribution >= 4 is 24.8 Å². The van der Waals surface area contributed by atoms with Gasteiger partial charge in [-0.15, -0.1) is 0 Å². The zero-order chi connectivity index (χ0) is 20.1. The molecule has 0 spiro atoms. The molecule has 0 amide bonds. The molecule has 27 heavy (non-hydrogen) atoms. The van der Waals surface area contributed by atoms with E-state index >= 15 is 0 Å². The number of aromatic nitrogens is 4. The molecule has 0 radical (unpaired) electrons. The summed E-state index contributed by atoms with van der Waals surface area (Å²) in [7, 11) is -4.80. The second kappa shape index (κ2) is 6.72. The van der Waals surface area contributed by atoms with Gasteiger partial charge in [-0.3, -0.25) is 9.09 Å². The molecule has 2 aromatic rings. The Balaban J connectivity index is 2.04. The Labute approximate surface area is 152 Å². The van der Waals surface area contributed by atoms with Crippen LogP contribution in [0.4, 0.5) is 5.82 Å². The number of anilines is 1. The molecule has 1 aliphatic heterocycles. The monoisotopic (exact) mass is 405 g/mol. The van der Waals surface area contributed by atoms with Crippen molar-refractivity contribution in [3.05, 3.63) is 12.2 Å². The lowest BCUT2D eigenvalue weighted by Crippen LogP contribution is -2.34. The Morgan fingerprint density at radius 1 is 1.33 bits per heavy atom. The average Bonchev–Trinajstić information content (AvgIpc) is 3.05. The van der Waals surface area contributed by atoms with Gasteiger partial charge < -0.3 is 35.6 Å². The molecular formula is C13H20N5O8P. The van der Waals surface area contributed by atoms with E-state index in [1.165, 1.54) is 18.4 Å². The van der Waals surface area contributed by atoms with Gasteiger partial charge in [-0.2, -0.15) is 0 Å². The van der Waals surface area contributed by atoms with E-state index in [1.807, 2.05) is 0 Å². The Morgan fingerprint density at radius 2 is 2.00 bits per heavy atom. The topological polar surface area (TPSA) is 206 Å². The van der Waals surface area contributed by atoms with Crippen molar-refractivity contribution < 1.29 is 38.9 Å².